The SMILES string of the molecule is O=C(NCCC(O)C(O)c1ccc(OC(F)(F)F)cc1)OCC1c2ccccc2-c2ccccc21. The maximum Gasteiger partial charge on any atom is 0.573 e. The topological polar surface area (TPSA) is 88.0 Å². The molecule has 3 N–H and O–H groups in total. The summed E-state index contributed by atoms with van der Waals surface area (Å²) in [5.74, 6) is -0.510. The van der Waals surface area contributed by atoms with E-state index in [2.05, 4.69) is 10.1 Å². The molecule has 0 aromatic heterocycles. The van der Waals surface area contributed by atoms with Gasteiger partial charge in [0.2, 0.25) is 0 Å². The molecular formula is C26H24F3NO5. The summed E-state index contributed by atoms with van der Waals surface area (Å²) in [6.45, 7) is 0.182. The van der Waals surface area contributed by atoms with E-state index in [9.17, 15) is 28.2 Å². The number of fused-ring (bicyclic) bond motifs is 3. The molecule has 6 nitrogen and oxygen atoms in total. The first-order valence-electron chi connectivity index (χ1n) is 11.0. The summed E-state index contributed by atoms with van der Waals surface area (Å²) >= 11 is 0. The van der Waals surface area contributed by atoms with E-state index in [0.717, 1.165) is 34.4 Å². The molecule has 9 heteroatoms. The Morgan fingerprint density at radius 1 is 0.914 bits per heavy atom. The highest BCUT2D eigenvalue weighted by Gasteiger charge is 2.31. The molecule has 4 rings (SSSR count). The van der Waals surface area contributed by atoms with Crippen LogP contribution in [0.2, 0.25) is 0 Å². The smallest absolute Gasteiger partial charge is 0.449 e. The summed E-state index contributed by atoms with van der Waals surface area (Å²) < 4.78 is 46.0. The third-order valence-electron chi connectivity index (χ3n) is 5.87. The van der Waals surface area contributed by atoms with Crippen LogP contribution in [0, 0.1) is 0 Å². The van der Waals surface area contributed by atoms with Gasteiger partial charge in [-0.1, -0.05) is 60.7 Å². The molecule has 1 amide bonds. The average molecular weight is 487 g/mol. The first kappa shape index (κ1) is 24.6. The van der Waals surface area contributed by atoms with E-state index < -0.39 is 30.4 Å². The Morgan fingerprint density at radius 2 is 1.49 bits per heavy atom. The van der Waals surface area contributed by atoms with Crippen LogP contribution in [0.3, 0.4) is 0 Å². The summed E-state index contributed by atoms with van der Waals surface area (Å²) in [7, 11) is 0. The van der Waals surface area contributed by atoms with Gasteiger partial charge in [-0.15, -0.1) is 13.2 Å². The highest BCUT2D eigenvalue weighted by atomic mass is 19.4. The number of carbonyl (C=O) groups is 1. The monoisotopic (exact) mass is 487 g/mol. The summed E-state index contributed by atoms with van der Waals surface area (Å²) in [5, 5.41) is 23.0. The molecule has 35 heavy (non-hydrogen) atoms. The number of alkyl halides is 3. The Morgan fingerprint density at radius 3 is 2.06 bits per heavy atom. The van der Waals surface area contributed by atoms with Crippen molar-refractivity contribution in [3.8, 4) is 16.9 Å². The van der Waals surface area contributed by atoms with Gasteiger partial charge in [0.25, 0.3) is 0 Å². The Bertz CT molecular complexity index is 1120. The normalized spacial score (nSPS) is 14.5. The number of nitrogens with one attached hydrogen (secondary N) is 1. The molecule has 184 valence electrons. The first-order chi connectivity index (χ1) is 16.7. The van der Waals surface area contributed by atoms with E-state index in [4.69, 9.17) is 4.74 Å². The van der Waals surface area contributed by atoms with Crippen molar-refractivity contribution < 1.29 is 37.7 Å². The van der Waals surface area contributed by atoms with Gasteiger partial charge < -0.3 is 25.0 Å². The first-order valence-corrected chi connectivity index (χ1v) is 11.0. The van der Waals surface area contributed by atoms with Crippen molar-refractivity contribution in [1.29, 1.82) is 0 Å². The van der Waals surface area contributed by atoms with Gasteiger partial charge >= 0.3 is 12.5 Å². The number of aliphatic hydroxyl groups is 2. The van der Waals surface area contributed by atoms with Crippen molar-refractivity contribution in [2.45, 2.75) is 30.9 Å². The molecule has 0 bridgehead atoms. The maximum atomic E-state index is 12.3. The molecule has 2 atom stereocenters. The Hall–Kier alpha value is -3.56. The van der Waals surface area contributed by atoms with Crippen molar-refractivity contribution in [2.24, 2.45) is 0 Å². The van der Waals surface area contributed by atoms with E-state index in [1.54, 1.807) is 0 Å². The van der Waals surface area contributed by atoms with Gasteiger partial charge in [0.05, 0.1) is 6.10 Å². The highest BCUT2D eigenvalue weighted by molar-refractivity contribution is 5.79. The molecule has 0 heterocycles. The van der Waals surface area contributed by atoms with Crippen LogP contribution in [-0.4, -0.2) is 41.9 Å². The van der Waals surface area contributed by atoms with Crippen LogP contribution >= 0.6 is 0 Å². The zero-order chi connectivity index (χ0) is 25.0. The van der Waals surface area contributed by atoms with Crippen LogP contribution in [0.1, 0.15) is 35.1 Å². The number of rotatable bonds is 8. The number of alkyl carbamates (subject to hydrolysis) is 1. The quantitative estimate of drug-likeness (QED) is 0.420. The largest absolute Gasteiger partial charge is 0.573 e. The summed E-state index contributed by atoms with van der Waals surface area (Å²) in [6.07, 6.45) is -8.06. The fraction of sp³-hybridized carbons (Fsp3) is 0.269. The number of amides is 1. The minimum Gasteiger partial charge on any atom is -0.449 e. The van der Waals surface area contributed by atoms with Gasteiger partial charge in [-0.25, -0.2) is 4.79 Å². The molecule has 3 aromatic carbocycles. The molecule has 0 radical (unpaired) electrons. The second-order valence-electron chi connectivity index (χ2n) is 8.17. The van der Waals surface area contributed by atoms with Gasteiger partial charge in [-0.3, -0.25) is 0 Å². The number of carbonyl (C=O) groups excluding carboxylic acids is 1. The number of benzene rings is 3. The summed E-state index contributed by atoms with van der Waals surface area (Å²) in [4.78, 5) is 12.2. The van der Waals surface area contributed by atoms with Crippen LogP contribution in [0.5, 0.6) is 5.75 Å². The second-order valence-corrected chi connectivity index (χ2v) is 8.17. The zero-order valence-corrected chi connectivity index (χ0v) is 18.5. The fourth-order valence-electron chi connectivity index (χ4n) is 4.22. The van der Waals surface area contributed by atoms with E-state index in [1.807, 2.05) is 48.5 Å². The lowest BCUT2D eigenvalue weighted by Gasteiger charge is -2.19. The minimum absolute atomic E-state index is 0.00612. The molecule has 0 fully saturated rings. The fourth-order valence-corrected chi connectivity index (χ4v) is 4.22. The van der Waals surface area contributed by atoms with Gasteiger partial charge in [-0.2, -0.15) is 0 Å². The van der Waals surface area contributed by atoms with E-state index >= 15 is 0 Å². The van der Waals surface area contributed by atoms with E-state index in [0.29, 0.717) is 0 Å². The van der Waals surface area contributed by atoms with Crippen LogP contribution < -0.4 is 10.1 Å². The van der Waals surface area contributed by atoms with Crippen LogP contribution in [0.4, 0.5) is 18.0 Å². The second kappa shape index (κ2) is 10.4. The predicted molar refractivity (Wildman–Crippen MR) is 122 cm³/mol. The molecule has 1 aliphatic carbocycles. The van der Waals surface area contributed by atoms with Crippen LogP contribution in [0.25, 0.3) is 11.1 Å². The molecule has 0 saturated heterocycles. The van der Waals surface area contributed by atoms with Crippen molar-refractivity contribution >= 4 is 6.09 Å². The summed E-state index contributed by atoms with van der Waals surface area (Å²) in [5.41, 5.74) is 4.63. The molecule has 0 aliphatic heterocycles. The average Bonchev–Trinajstić information content (AvgIpc) is 3.15. The highest BCUT2D eigenvalue weighted by Crippen LogP contribution is 2.44. The molecule has 1 aliphatic rings. The lowest BCUT2D eigenvalue weighted by atomic mass is 9.98. The lowest BCUT2D eigenvalue weighted by molar-refractivity contribution is -0.274. The van der Waals surface area contributed by atoms with Crippen molar-refractivity contribution in [3.05, 3.63) is 89.5 Å². The van der Waals surface area contributed by atoms with Gasteiger partial charge in [0.1, 0.15) is 18.5 Å². The number of halogens is 3. The predicted octanol–water partition coefficient (Wildman–Crippen LogP) is 4.91. The third-order valence-corrected chi connectivity index (χ3v) is 5.87. The molecule has 3 aromatic rings. The van der Waals surface area contributed by atoms with Gasteiger partial charge in [0, 0.05) is 12.5 Å². The molecule has 0 spiro atoms. The van der Waals surface area contributed by atoms with Gasteiger partial charge in [-0.05, 0) is 46.4 Å². The Kier molecular flexibility index (Phi) is 7.28. The van der Waals surface area contributed by atoms with Crippen molar-refractivity contribution in [2.75, 3.05) is 13.2 Å². The number of ether oxygens (including phenoxy) is 2. The van der Waals surface area contributed by atoms with Crippen LogP contribution in [0.15, 0.2) is 72.8 Å². The number of hydrogen-bond donors (Lipinski definition) is 3. The van der Waals surface area contributed by atoms with Crippen LogP contribution in [-0.2, 0) is 4.74 Å². The molecule has 0 saturated carbocycles. The summed E-state index contributed by atoms with van der Waals surface area (Å²) in [6, 6.07) is 20.5. The lowest BCUT2D eigenvalue weighted by Crippen LogP contribution is -2.30. The molecule has 2 unspecified atom stereocenters. The van der Waals surface area contributed by atoms with Gasteiger partial charge in [0.15, 0.2) is 0 Å². The van der Waals surface area contributed by atoms with E-state index in [1.165, 1.54) is 12.1 Å². The number of aliphatic hydroxyl groups excluding tert-OH is 2. The maximum absolute atomic E-state index is 12.3. The minimum atomic E-state index is -4.82. The third kappa shape index (κ3) is 5.93. The van der Waals surface area contributed by atoms with E-state index in [-0.39, 0.29) is 31.1 Å². The molecular weight excluding hydrogens is 463 g/mol. The van der Waals surface area contributed by atoms with Crippen molar-refractivity contribution in [1.82, 2.24) is 5.32 Å². The Balaban J connectivity index is 1.25. The van der Waals surface area contributed by atoms with Crippen molar-refractivity contribution in [3.63, 3.8) is 0 Å². The zero-order valence-electron chi connectivity index (χ0n) is 18.5. The standard InChI is InChI=1S/C26H24F3NO5/c27-26(28,29)35-17-11-9-16(10-12-17)24(32)23(31)13-14-30-25(33)34-15-22-20-7-3-1-5-18(20)19-6-2-4-8-21(19)22/h1-12,22-24,31-32H,13-15H2,(H,30,33). The number of hydrogen-bond acceptors (Lipinski definition) is 5. The Labute approximate surface area is 199 Å².